The maximum Gasteiger partial charge on any atom is 0.328 e. The van der Waals surface area contributed by atoms with E-state index in [-0.39, 0.29) is 5.91 Å². The van der Waals surface area contributed by atoms with Crippen LogP contribution in [0.5, 0.6) is 0 Å². The van der Waals surface area contributed by atoms with Gasteiger partial charge in [-0.15, -0.1) is 11.3 Å². The minimum absolute atomic E-state index is 0.0615. The van der Waals surface area contributed by atoms with Crippen LogP contribution in [0, 0.1) is 11.8 Å². The lowest BCUT2D eigenvalue weighted by atomic mass is 9.83. The highest BCUT2D eigenvalue weighted by Crippen LogP contribution is 2.27. The SMILES string of the molecule is CC1CCC(CNC(=O)c2ccc(C=CC(=O)O)s2)CC1. The molecular formula is C16H21NO3S. The van der Waals surface area contributed by atoms with Crippen molar-refractivity contribution in [3.8, 4) is 0 Å². The van der Waals surface area contributed by atoms with Gasteiger partial charge in [-0.2, -0.15) is 0 Å². The fourth-order valence-electron chi connectivity index (χ4n) is 2.58. The van der Waals surface area contributed by atoms with E-state index in [9.17, 15) is 9.59 Å². The zero-order valence-corrected chi connectivity index (χ0v) is 13.0. The van der Waals surface area contributed by atoms with Crippen LogP contribution in [0.1, 0.15) is 47.2 Å². The standard InChI is InChI=1S/C16H21NO3S/c1-11-2-4-12(5-3-11)10-17-16(20)14-8-6-13(21-14)7-9-15(18)19/h6-9,11-12H,2-5,10H2,1H3,(H,17,20)(H,18,19). The quantitative estimate of drug-likeness (QED) is 0.819. The predicted molar refractivity (Wildman–Crippen MR) is 84.4 cm³/mol. The minimum Gasteiger partial charge on any atom is -0.478 e. The number of carbonyl (C=O) groups excluding carboxylic acids is 1. The van der Waals surface area contributed by atoms with Gasteiger partial charge in [-0.1, -0.05) is 19.8 Å². The highest BCUT2D eigenvalue weighted by atomic mass is 32.1. The van der Waals surface area contributed by atoms with E-state index in [4.69, 9.17) is 5.11 Å². The van der Waals surface area contributed by atoms with Gasteiger partial charge >= 0.3 is 5.97 Å². The number of thiophene rings is 1. The van der Waals surface area contributed by atoms with Crippen molar-refractivity contribution in [1.29, 1.82) is 0 Å². The Morgan fingerprint density at radius 3 is 2.71 bits per heavy atom. The second-order valence-corrected chi connectivity index (χ2v) is 6.82. The zero-order valence-electron chi connectivity index (χ0n) is 12.2. The summed E-state index contributed by atoms with van der Waals surface area (Å²) in [5.74, 6) is 0.365. The number of nitrogens with one attached hydrogen (secondary N) is 1. The van der Waals surface area contributed by atoms with Gasteiger partial charge in [0.05, 0.1) is 4.88 Å². The Kier molecular flexibility index (Phi) is 5.56. The Morgan fingerprint density at radius 1 is 1.33 bits per heavy atom. The Bertz CT molecular complexity index is 527. The highest BCUT2D eigenvalue weighted by Gasteiger charge is 2.19. The third kappa shape index (κ3) is 5.01. The zero-order chi connectivity index (χ0) is 15.2. The van der Waals surface area contributed by atoms with Crippen molar-refractivity contribution in [2.45, 2.75) is 32.6 Å². The first-order valence-corrected chi connectivity index (χ1v) is 8.15. The second kappa shape index (κ2) is 7.41. The molecule has 0 unspecified atom stereocenters. The molecule has 1 saturated carbocycles. The van der Waals surface area contributed by atoms with Crippen LogP contribution in [-0.4, -0.2) is 23.5 Å². The predicted octanol–water partition coefficient (Wildman–Crippen LogP) is 3.40. The molecule has 0 bridgehead atoms. The highest BCUT2D eigenvalue weighted by molar-refractivity contribution is 7.14. The molecule has 1 aromatic heterocycles. The van der Waals surface area contributed by atoms with Crippen LogP contribution in [0.15, 0.2) is 18.2 Å². The van der Waals surface area contributed by atoms with Crippen molar-refractivity contribution < 1.29 is 14.7 Å². The van der Waals surface area contributed by atoms with Gasteiger partial charge in [0, 0.05) is 17.5 Å². The first-order chi connectivity index (χ1) is 10.0. The molecule has 0 atom stereocenters. The molecule has 0 aromatic carbocycles. The fraction of sp³-hybridized carbons (Fsp3) is 0.500. The lowest BCUT2D eigenvalue weighted by molar-refractivity contribution is -0.131. The van der Waals surface area contributed by atoms with Gasteiger partial charge in [0.1, 0.15) is 0 Å². The molecule has 2 N–H and O–H groups in total. The van der Waals surface area contributed by atoms with Crippen molar-refractivity contribution >= 4 is 29.3 Å². The van der Waals surface area contributed by atoms with E-state index >= 15 is 0 Å². The number of hydrogen-bond donors (Lipinski definition) is 2. The smallest absolute Gasteiger partial charge is 0.328 e. The Balaban J connectivity index is 1.82. The lowest BCUT2D eigenvalue weighted by Crippen LogP contribution is -2.30. The summed E-state index contributed by atoms with van der Waals surface area (Å²) in [6, 6.07) is 3.51. The van der Waals surface area contributed by atoms with Crippen molar-refractivity contribution in [2.75, 3.05) is 6.54 Å². The summed E-state index contributed by atoms with van der Waals surface area (Å²) in [5.41, 5.74) is 0. The molecule has 0 aliphatic heterocycles. The number of carboxylic acids is 1. The number of carboxylic acid groups (broad SMARTS) is 1. The van der Waals surface area contributed by atoms with Gasteiger partial charge in [0.2, 0.25) is 0 Å². The molecule has 1 aliphatic carbocycles. The molecule has 5 heteroatoms. The summed E-state index contributed by atoms with van der Waals surface area (Å²) < 4.78 is 0. The Labute approximate surface area is 128 Å². The molecule has 114 valence electrons. The van der Waals surface area contributed by atoms with Crippen molar-refractivity contribution in [1.82, 2.24) is 5.32 Å². The lowest BCUT2D eigenvalue weighted by Gasteiger charge is -2.26. The van der Waals surface area contributed by atoms with Crippen LogP contribution in [-0.2, 0) is 4.79 Å². The molecule has 4 nitrogen and oxygen atoms in total. The average Bonchev–Trinajstić information content (AvgIpc) is 2.93. The van der Waals surface area contributed by atoms with Gasteiger partial charge < -0.3 is 10.4 Å². The minimum atomic E-state index is -0.985. The summed E-state index contributed by atoms with van der Waals surface area (Å²) in [7, 11) is 0. The van der Waals surface area contributed by atoms with Crippen LogP contribution in [0.3, 0.4) is 0 Å². The van der Waals surface area contributed by atoms with Crippen LogP contribution in [0.25, 0.3) is 6.08 Å². The molecule has 1 fully saturated rings. The molecule has 0 spiro atoms. The van der Waals surface area contributed by atoms with E-state index in [1.54, 1.807) is 12.1 Å². The first kappa shape index (κ1) is 15.8. The third-order valence-electron chi connectivity index (χ3n) is 3.93. The van der Waals surface area contributed by atoms with E-state index in [2.05, 4.69) is 12.2 Å². The summed E-state index contributed by atoms with van der Waals surface area (Å²) >= 11 is 1.31. The van der Waals surface area contributed by atoms with Gasteiger partial charge in [-0.05, 0) is 42.9 Å². The monoisotopic (exact) mass is 307 g/mol. The van der Waals surface area contributed by atoms with Crippen molar-refractivity contribution in [3.63, 3.8) is 0 Å². The summed E-state index contributed by atoms with van der Waals surface area (Å²) in [6.07, 6.45) is 7.48. The van der Waals surface area contributed by atoms with E-state index in [0.29, 0.717) is 10.8 Å². The van der Waals surface area contributed by atoms with Gasteiger partial charge in [0.15, 0.2) is 0 Å². The Morgan fingerprint density at radius 2 is 2.05 bits per heavy atom. The number of rotatable bonds is 5. The molecule has 21 heavy (non-hydrogen) atoms. The summed E-state index contributed by atoms with van der Waals surface area (Å²) in [6.45, 7) is 3.02. The molecule has 2 rings (SSSR count). The average molecular weight is 307 g/mol. The largest absolute Gasteiger partial charge is 0.478 e. The third-order valence-corrected chi connectivity index (χ3v) is 4.98. The van der Waals surface area contributed by atoms with Gasteiger partial charge in [-0.3, -0.25) is 4.79 Å². The molecule has 1 aromatic rings. The molecule has 1 amide bonds. The maximum atomic E-state index is 12.1. The van der Waals surface area contributed by atoms with E-state index in [0.717, 1.165) is 23.4 Å². The van der Waals surface area contributed by atoms with Crippen molar-refractivity contribution in [2.24, 2.45) is 11.8 Å². The molecule has 0 radical (unpaired) electrons. The number of aliphatic carboxylic acids is 1. The van der Waals surface area contributed by atoms with Crippen LogP contribution >= 0.6 is 11.3 Å². The summed E-state index contributed by atoms with van der Waals surface area (Å²) in [5, 5.41) is 11.6. The normalized spacial score (nSPS) is 22.3. The molecular weight excluding hydrogens is 286 g/mol. The topological polar surface area (TPSA) is 66.4 Å². The van der Waals surface area contributed by atoms with E-state index in [1.807, 2.05) is 0 Å². The van der Waals surface area contributed by atoms with E-state index < -0.39 is 5.97 Å². The van der Waals surface area contributed by atoms with Crippen LogP contribution in [0.4, 0.5) is 0 Å². The number of carbonyl (C=O) groups is 2. The maximum absolute atomic E-state index is 12.1. The molecule has 0 saturated heterocycles. The fourth-order valence-corrected chi connectivity index (χ4v) is 3.40. The second-order valence-electron chi connectivity index (χ2n) is 5.71. The van der Waals surface area contributed by atoms with Crippen LogP contribution in [0.2, 0.25) is 0 Å². The first-order valence-electron chi connectivity index (χ1n) is 7.33. The molecule has 1 aliphatic rings. The van der Waals surface area contributed by atoms with Gasteiger partial charge in [0.25, 0.3) is 5.91 Å². The van der Waals surface area contributed by atoms with Crippen LogP contribution < -0.4 is 5.32 Å². The van der Waals surface area contributed by atoms with Crippen molar-refractivity contribution in [3.05, 3.63) is 28.0 Å². The number of hydrogen-bond acceptors (Lipinski definition) is 3. The van der Waals surface area contributed by atoms with E-state index in [1.165, 1.54) is 43.1 Å². The summed E-state index contributed by atoms with van der Waals surface area (Å²) in [4.78, 5) is 23.9. The Hall–Kier alpha value is -1.62. The van der Waals surface area contributed by atoms with Gasteiger partial charge in [-0.25, -0.2) is 4.79 Å². The number of amides is 1. The molecule has 1 heterocycles.